The molecule has 2 aliphatic rings. The molecule has 2 aliphatic heterocycles. The summed E-state index contributed by atoms with van der Waals surface area (Å²) in [4.78, 5) is 2.04. The van der Waals surface area contributed by atoms with Gasteiger partial charge < -0.3 is 15.0 Å². The first-order valence-electron chi connectivity index (χ1n) is 8.44. The van der Waals surface area contributed by atoms with Gasteiger partial charge in [-0.25, -0.2) is 8.42 Å². The van der Waals surface area contributed by atoms with E-state index in [4.69, 9.17) is 17.0 Å². The second-order valence-electron chi connectivity index (χ2n) is 6.49. The highest BCUT2D eigenvalue weighted by atomic mass is 32.2. The van der Waals surface area contributed by atoms with Crippen LogP contribution in [0.5, 0.6) is 0 Å². The zero-order valence-corrected chi connectivity index (χ0v) is 15.3. The molecule has 3 rings (SSSR count). The molecular formula is C17H24N2O3S2. The Labute approximate surface area is 149 Å². The highest BCUT2D eigenvalue weighted by Gasteiger charge is 2.35. The number of ether oxygens (including phenoxy) is 1. The van der Waals surface area contributed by atoms with Gasteiger partial charge in [-0.15, -0.1) is 0 Å². The van der Waals surface area contributed by atoms with E-state index >= 15 is 0 Å². The summed E-state index contributed by atoms with van der Waals surface area (Å²) in [6, 6.07) is 10.0. The van der Waals surface area contributed by atoms with Gasteiger partial charge in [0, 0.05) is 25.7 Å². The van der Waals surface area contributed by atoms with Crippen LogP contribution in [-0.2, 0) is 21.1 Å². The Balaban J connectivity index is 1.64. The van der Waals surface area contributed by atoms with Crippen molar-refractivity contribution in [1.82, 2.24) is 10.2 Å². The quantitative estimate of drug-likeness (QED) is 0.799. The smallest absolute Gasteiger partial charge is 0.169 e. The molecule has 24 heavy (non-hydrogen) atoms. The van der Waals surface area contributed by atoms with Crippen LogP contribution >= 0.6 is 12.2 Å². The minimum absolute atomic E-state index is 0.0463. The lowest BCUT2D eigenvalue weighted by Gasteiger charge is -2.33. The SMILES string of the molecule is O=S1(=O)CC[C@H](N(C[C@@H]2CCCO2)C(=S)NCc2ccccc2)C1. The van der Waals surface area contributed by atoms with Gasteiger partial charge in [-0.2, -0.15) is 0 Å². The van der Waals surface area contributed by atoms with Gasteiger partial charge in [0.2, 0.25) is 0 Å². The molecule has 0 aromatic heterocycles. The lowest BCUT2D eigenvalue weighted by atomic mass is 10.2. The Morgan fingerprint density at radius 1 is 1.29 bits per heavy atom. The van der Waals surface area contributed by atoms with Gasteiger partial charge in [0.25, 0.3) is 0 Å². The van der Waals surface area contributed by atoms with Gasteiger partial charge >= 0.3 is 0 Å². The molecule has 2 saturated heterocycles. The van der Waals surface area contributed by atoms with Gasteiger partial charge in [-0.1, -0.05) is 30.3 Å². The van der Waals surface area contributed by atoms with Gasteiger partial charge in [-0.3, -0.25) is 0 Å². The van der Waals surface area contributed by atoms with E-state index in [1.165, 1.54) is 0 Å². The first-order chi connectivity index (χ1) is 11.5. The molecule has 7 heteroatoms. The van der Waals surface area contributed by atoms with Crippen molar-refractivity contribution in [3.05, 3.63) is 35.9 Å². The molecule has 0 saturated carbocycles. The number of nitrogens with zero attached hydrogens (tertiary/aromatic N) is 1. The highest BCUT2D eigenvalue weighted by Crippen LogP contribution is 2.21. The third-order valence-corrected chi connectivity index (χ3v) is 6.75. The lowest BCUT2D eigenvalue weighted by Crippen LogP contribution is -2.49. The van der Waals surface area contributed by atoms with Crippen LogP contribution < -0.4 is 5.32 Å². The van der Waals surface area contributed by atoms with Crippen molar-refractivity contribution >= 4 is 27.2 Å². The van der Waals surface area contributed by atoms with Crippen molar-refractivity contribution in [3.63, 3.8) is 0 Å². The molecule has 132 valence electrons. The van der Waals surface area contributed by atoms with Crippen molar-refractivity contribution in [1.29, 1.82) is 0 Å². The first-order valence-corrected chi connectivity index (χ1v) is 10.7. The third kappa shape index (κ3) is 4.68. The maximum absolute atomic E-state index is 11.9. The Morgan fingerprint density at radius 3 is 2.71 bits per heavy atom. The minimum Gasteiger partial charge on any atom is -0.376 e. The number of thiocarbonyl (C=S) groups is 1. The van der Waals surface area contributed by atoms with Crippen LogP contribution in [0, 0.1) is 0 Å². The molecule has 2 heterocycles. The summed E-state index contributed by atoms with van der Waals surface area (Å²) in [6.45, 7) is 2.09. The van der Waals surface area contributed by atoms with E-state index in [0.29, 0.717) is 24.6 Å². The fraction of sp³-hybridized carbons (Fsp3) is 0.588. The summed E-state index contributed by atoms with van der Waals surface area (Å²) in [5, 5.41) is 3.91. The Hall–Kier alpha value is -1.18. The molecule has 1 N–H and O–H groups in total. The largest absolute Gasteiger partial charge is 0.376 e. The van der Waals surface area contributed by atoms with E-state index in [-0.39, 0.29) is 23.7 Å². The second-order valence-corrected chi connectivity index (χ2v) is 9.10. The van der Waals surface area contributed by atoms with E-state index in [9.17, 15) is 8.42 Å². The summed E-state index contributed by atoms with van der Waals surface area (Å²) in [7, 11) is -2.94. The fourth-order valence-corrected chi connectivity index (χ4v) is 5.33. The van der Waals surface area contributed by atoms with Crippen LogP contribution in [0.4, 0.5) is 0 Å². The molecule has 0 amide bonds. The van der Waals surface area contributed by atoms with Crippen molar-refractivity contribution < 1.29 is 13.2 Å². The molecule has 1 aromatic carbocycles. The molecule has 2 atom stereocenters. The number of benzene rings is 1. The van der Waals surface area contributed by atoms with Crippen LogP contribution in [0.2, 0.25) is 0 Å². The van der Waals surface area contributed by atoms with Crippen LogP contribution in [0.25, 0.3) is 0 Å². The van der Waals surface area contributed by atoms with Gasteiger partial charge in [0.1, 0.15) is 0 Å². The van der Waals surface area contributed by atoms with Crippen LogP contribution in [0.15, 0.2) is 30.3 Å². The Bertz CT molecular complexity index is 658. The van der Waals surface area contributed by atoms with E-state index in [0.717, 1.165) is 25.0 Å². The zero-order chi connectivity index (χ0) is 17.0. The maximum atomic E-state index is 11.9. The van der Waals surface area contributed by atoms with E-state index in [1.807, 2.05) is 35.2 Å². The monoisotopic (exact) mass is 368 g/mol. The summed E-state index contributed by atoms with van der Waals surface area (Å²) >= 11 is 5.59. The number of hydrogen-bond acceptors (Lipinski definition) is 4. The van der Waals surface area contributed by atoms with Crippen molar-refractivity contribution in [2.75, 3.05) is 24.7 Å². The van der Waals surface area contributed by atoms with Crippen LogP contribution in [0.3, 0.4) is 0 Å². The molecule has 0 unspecified atom stereocenters. The van der Waals surface area contributed by atoms with Gasteiger partial charge in [0.15, 0.2) is 14.9 Å². The van der Waals surface area contributed by atoms with Gasteiger partial charge in [0.05, 0.1) is 17.6 Å². The average molecular weight is 369 g/mol. The van der Waals surface area contributed by atoms with Crippen LogP contribution in [0.1, 0.15) is 24.8 Å². The van der Waals surface area contributed by atoms with Gasteiger partial charge in [-0.05, 0) is 37.0 Å². The van der Waals surface area contributed by atoms with Crippen molar-refractivity contribution in [2.45, 2.75) is 38.0 Å². The average Bonchev–Trinajstić information content (AvgIpc) is 3.20. The Kier molecular flexibility index (Phi) is 5.73. The summed E-state index contributed by atoms with van der Waals surface area (Å²) in [6.07, 6.45) is 2.86. The standard InChI is InChI=1S/C17H24N2O3S2/c20-24(21)10-8-15(13-24)19(12-16-7-4-9-22-16)17(23)18-11-14-5-2-1-3-6-14/h1-3,5-6,15-16H,4,7-13H2,(H,18,23)/t15-,16-/m0/s1. The summed E-state index contributed by atoms with van der Waals surface area (Å²) in [5.74, 6) is 0.438. The van der Waals surface area contributed by atoms with Crippen LogP contribution in [-0.4, -0.2) is 55.2 Å². The first kappa shape index (κ1) is 17.6. The maximum Gasteiger partial charge on any atom is 0.169 e. The predicted octanol–water partition coefficient (Wildman–Crippen LogP) is 1.73. The number of hydrogen-bond donors (Lipinski definition) is 1. The second kappa shape index (κ2) is 7.80. The summed E-state index contributed by atoms with van der Waals surface area (Å²) < 4.78 is 29.5. The topological polar surface area (TPSA) is 58.6 Å². The fourth-order valence-electron chi connectivity index (χ4n) is 3.30. The normalized spacial score (nSPS) is 25.5. The van der Waals surface area contributed by atoms with Crippen molar-refractivity contribution in [2.24, 2.45) is 0 Å². The predicted molar refractivity (Wildman–Crippen MR) is 98.6 cm³/mol. The number of nitrogens with one attached hydrogen (secondary N) is 1. The highest BCUT2D eigenvalue weighted by molar-refractivity contribution is 7.91. The molecule has 2 fully saturated rings. The third-order valence-electron chi connectivity index (χ3n) is 4.62. The molecule has 0 aliphatic carbocycles. The van der Waals surface area contributed by atoms with E-state index in [1.54, 1.807) is 0 Å². The molecule has 0 radical (unpaired) electrons. The lowest BCUT2D eigenvalue weighted by molar-refractivity contribution is 0.0841. The molecular weight excluding hydrogens is 344 g/mol. The molecule has 0 bridgehead atoms. The molecule has 0 spiro atoms. The molecule has 5 nitrogen and oxygen atoms in total. The van der Waals surface area contributed by atoms with E-state index in [2.05, 4.69) is 5.32 Å². The number of sulfone groups is 1. The number of rotatable bonds is 5. The van der Waals surface area contributed by atoms with E-state index < -0.39 is 9.84 Å². The van der Waals surface area contributed by atoms with Crippen molar-refractivity contribution in [3.8, 4) is 0 Å². The summed E-state index contributed by atoms with van der Waals surface area (Å²) in [5.41, 5.74) is 1.15. The minimum atomic E-state index is -2.94. The Morgan fingerprint density at radius 2 is 2.08 bits per heavy atom. The molecule has 1 aromatic rings. The zero-order valence-electron chi connectivity index (χ0n) is 13.7.